The van der Waals surface area contributed by atoms with Crippen LogP contribution in [0, 0.1) is 0 Å². The molecule has 0 unspecified atom stereocenters. The topological polar surface area (TPSA) is 57.9 Å². The lowest BCUT2D eigenvalue weighted by Crippen LogP contribution is -2.07. The van der Waals surface area contributed by atoms with Gasteiger partial charge in [-0.05, 0) is 42.3 Å². The summed E-state index contributed by atoms with van der Waals surface area (Å²) < 4.78 is 21.3. The van der Waals surface area contributed by atoms with Crippen molar-refractivity contribution in [1.29, 1.82) is 0 Å². The van der Waals surface area contributed by atoms with Gasteiger partial charge in [0.25, 0.3) is 0 Å². The number of furan rings is 1. The monoisotopic (exact) mass is 352 g/mol. The van der Waals surface area contributed by atoms with Crippen molar-refractivity contribution in [3.05, 3.63) is 60.9 Å². The smallest absolute Gasteiger partial charge is 0.338 e. The van der Waals surface area contributed by atoms with Gasteiger partial charge in [0.05, 0.1) is 12.0 Å². The number of carbonyl (C=O) groups excluding carboxylic acids is 1. The molecule has 0 saturated heterocycles. The Labute approximate surface area is 151 Å². The Hall–Kier alpha value is -3.05. The molecule has 1 aromatic heterocycles. The minimum atomic E-state index is -0.471. The molecule has 134 valence electrons. The Morgan fingerprint density at radius 3 is 2.50 bits per heavy atom. The first-order valence-corrected chi connectivity index (χ1v) is 8.19. The summed E-state index contributed by atoms with van der Waals surface area (Å²) in [6.07, 6.45) is 1.43. The fourth-order valence-electron chi connectivity index (χ4n) is 2.44. The van der Waals surface area contributed by atoms with Crippen molar-refractivity contribution >= 4 is 16.9 Å². The van der Waals surface area contributed by atoms with Crippen LogP contribution in [0.2, 0.25) is 0 Å². The van der Waals surface area contributed by atoms with E-state index in [-0.39, 0.29) is 0 Å². The summed E-state index contributed by atoms with van der Waals surface area (Å²) in [5, 5.41) is 0.739. The van der Waals surface area contributed by atoms with E-state index in [0.29, 0.717) is 30.1 Å². The first-order chi connectivity index (χ1) is 12.6. The fourth-order valence-corrected chi connectivity index (χ4v) is 2.44. The van der Waals surface area contributed by atoms with Gasteiger partial charge < -0.3 is 18.6 Å². The number of ether oxygens (including phenoxy) is 3. The molecule has 3 aromatic rings. The summed E-state index contributed by atoms with van der Waals surface area (Å²) in [6.45, 7) is 6.24. The normalized spacial score (nSPS) is 10.7. The van der Waals surface area contributed by atoms with Crippen LogP contribution < -0.4 is 9.47 Å². The molecule has 0 amide bonds. The molecule has 0 atom stereocenters. The number of benzene rings is 2. The third-order valence-electron chi connectivity index (χ3n) is 3.83. The zero-order valence-electron chi connectivity index (χ0n) is 14.8. The molecule has 0 radical (unpaired) electrons. The molecule has 3 rings (SSSR count). The van der Waals surface area contributed by atoms with E-state index in [9.17, 15) is 4.79 Å². The second-order valence-electron chi connectivity index (χ2n) is 5.85. The maximum Gasteiger partial charge on any atom is 0.338 e. The van der Waals surface area contributed by atoms with Gasteiger partial charge in [0, 0.05) is 12.7 Å². The number of methoxy groups -OCH3 is 1. The minimum Gasteiger partial charge on any atom is -0.491 e. The van der Waals surface area contributed by atoms with Crippen molar-refractivity contribution in [2.75, 3.05) is 20.3 Å². The standard InChI is InChI=1S/C21H20O5/c1-14(2)21(22)26-20-13-25-19-12-16(6-9-18(19)20)15-4-7-17(8-5-15)24-11-10-23-3/h4-9,12-13H,1,10-11H2,2-3H3. The summed E-state index contributed by atoms with van der Waals surface area (Å²) in [5.74, 6) is 0.709. The second-order valence-corrected chi connectivity index (χ2v) is 5.85. The van der Waals surface area contributed by atoms with Crippen LogP contribution in [0.25, 0.3) is 22.1 Å². The van der Waals surface area contributed by atoms with Crippen molar-refractivity contribution in [2.24, 2.45) is 0 Å². The van der Waals surface area contributed by atoms with Gasteiger partial charge >= 0.3 is 5.97 Å². The molecule has 0 aliphatic carbocycles. The third kappa shape index (κ3) is 3.95. The Kier molecular flexibility index (Phi) is 5.39. The van der Waals surface area contributed by atoms with Crippen LogP contribution in [0.3, 0.4) is 0 Å². The highest BCUT2D eigenvalue weighted by molar-refractivity contribution is 5.94. The lowest BCUT2D eigenvalue weighted by Gasteiger charge is -2.07. The van der Waals surface area contributed by atoms with Crippen LogP contribution in [0.15, 0.2) is 65.3 Å². The number of esters is 1. The average Bonchev–Trinajstić information content (AvgIpc) is 3.04. The second kappa shape index (κ2) is 7.89. The third-order valence-corrected chi connectivity index (χ3v) is 3.83. The van der Waals surface area contributed by atoms with Gasteiger partial charge in [0.2, 0.25) is 0 Å². The molecular weight excluding hydrogens is 332 g/mol. The first kappa shape index (κ1) is 17.8. The van der Waals surface area contributed by atoms with E-state index in [1.165, 1.54) is 6.26 Å². The highest BCUT2D eigenvalue weighted by atomic mass is 16.5. The summed E-state index contributed by atoms with van der Waals surface area (Å²) in [7, 11) is 1.64. The van der Waals surface area contributed by atoms with Crippen LogP contribution in [0.1, 0.15) is 6.92 Å². The number of rotatable bonds is 7. The molecule has 0 aliphatic rings. The van der Waals surface area contributed by atoms with E-state index < -0.39 is 5.97 Å². The highest BCUT2D eigenvalue weighted by Crippen LogP contribution is 2.32. The lowest BCUT2D eigenvalue weighted by atomic mass is 10.0. The van der Waals surface area contributed by atoms with E-state index in [1.54, 1.807) is 14.0 Å². The van der Waals surface area contributed by atoms with Gasteiger partial charge in [0.1, 0.15) is 24.2 Å². The summed E-state index contributed by atoms with van der Waals surface area (Å²) in [4.78, 5) is 11.7. The van der Waals surface area contributed by atoms with E-state index in [1.807, 2.05) is 42.5 Å². The molecule has 5 heteroatoms. The Morgan fingerprint density at radius 2 is 1.81 bits per heavy atom. The van der Waals surface area contributed by atoms with Crippen molar-refractivity contribution in [1.82, 2.24) is 0 Å². The van der Waals surface area contributed by atoms with Crippen LogP contribution >= 0.6 is 0 Å². The van der Waals surface area contributed by atoms with Gasteiger partial charge in [-0.2, -0.15) is 0 Å². The molecule has 5 nitrogen and oxygen atoms in total. The van der Waals surface area contributed by atoms with Crippen molar-refractivity contribution < 1.29 is 23.4 Å². The largest absolute Gasteiger partial charge is 0.491 e. The molecular formula is C21H20O5. The molecule has 26 heavy (non-hydrogen) atoms. The predicted octanol–water partition coefficient (Wildman–Crippen LogP) is 4.61. The minimum absolute atomic E-state index is 0.337. The summed E-state index contributed by atoms with van der Waals surface area (Å²) >= 11 is 0. The Balaban J connectivity index is 1.79. The first-order valence-electron chi connectivity index (χ1n) is 8.19. The molecule has 0 bridgehead atoms. The van der Waals surface area contributed by atoms with Crippen LogP contribution in [-0.4, -0.2) is 26.3 Å². The molecule has 1 heterocycles. The molecule has 0 aliphatic heterocycles. The Morgan fingerprint density at radius 1 is 1.08 bits per heavy atom. The van der Waals surface area contributed by atoms with Gasteiger partial charge in [-0.15, -0.1) is 0 Å². The van der Waals surface area contributed by atoms with Crippen molar-refractivity contribution in [3.63, 3.8) is 0 Å². The number of hydrogen-bond acceptors (Lipinski definition) is 5. The zero-order chi connectivity index (χ0) is 18.5. The molecule has 0 fully saturated rings. The number of hydrogen-bond donors (Lipinski definition) is 0. The quantitative estimate of drug-likeness (QED) is 0.353. The van der Waals surface area contributed by atoms with E-state index in [4.69, 9.17) is 18.6 Å². The lowest BCUT2D eigenvalue weighted by molar-refractivity contribution is -0.130. The molecule has 0 N–H and O–H groups in total. The molecule has 2 aromatic carbocycles. The number of fused-ring (bicyclic) bond motifs is 1. The van der Waals surface area contributed by atoms with Gasteiger partial charge in [0.15, 0.2) is 5.75 Å². The van der Waals surface area contributed by atoms with Crippen LogP contribution in [0.5, 0.6) is 11.5 Å². The van der Waals surface area contributed by atoms with E-state index >= 15 is 0 Å². The molecule has 0 saturated carbocycles. The Bertz CT molecular complexity index is 921. The summed E-state index contributed by atoms with van der Waals surface area (Å²) in [6, 6.07) is 13.5. The maximum atomic E-state index is 11.7. The SMILES string of the molecule is C=C(C)C(=O)Oc1coc2cc(-c3ccc(OCCOC)cc3)ccc12. The zero-order valence-corrected chi connectivity index (χ0v) is 14.8. The van der Waals surface area contributed by atoms with E-state index in [0.717, 1.165) is 22.3 Å². The highest BCUT2D eigenvalue weighted by Gasteiger charge is 2.13. The van der Waals surface area contributed by atoms with Crippen LogP contribution in [-0.2, 0) is 9.53 Å². The predicted molar refractivity (Wildman–Crippen MR) is 99.5 cm³/mol. The number of carbonyl (C=O) groups is 1. The van der Waals surface area contributed by atoms with E-state index in [2.05, 4.69) is 6.58 Å². The fraction of sp³-hybridized carbons (Fsp3) is 0.190. The van der Waals surface area contributed by atoms with Crippen LogP contribution in [0.4, 0.5) is 0 Å². The average molecular weight is 352 g/mol. The van der Waals surface area contributed by atoms with Gasteiger partial charge in [-0.1, -0.05) is 24.8 Å². The summed E-state index contributed by atoms with van der Waals surface area (Å²) in [5.41, 5.74) is 3.01. The van der Waals surface area contributed by atoms with Crippen molar-refractivity contribution in [3.8, 4) is 22.6 Å². The molecule has 0 spiro atoms. The van der Waals surface area contributed by atoms with Gasteiger partial charge in [-0.25, -0.2) is 4.79 Å². The van der Waals surface area contributed by atoms with Gasteiger partial charge in [-0.3, -0.25) is 0 Å². The maximum absolute atomic E-state index is 11.7. The van der Waals surface area contributed by atoms with Crippen molar-refractivity contribution in [2.45, 2.75) is 6.92 Å².